The number of hydrogen-bond acceptors (Lipinski definition) is 7. The number of nitrogens with two attached hydrogens (primary N) is 1. The average Bonchev–Trinajstić information content (AvgIpc) is 2.78. The number of nitro benzene ring substituents is 1. The van der Waals surface area contributed by atoms with Gasteiger partial charge in [0, 0.05) is 24.2 Å². The Balaban J connectivity index is 1.95. The van der Waals surface area contributed by atoms with E-state index >= 15 is 0 Å². The van der Waals surface area contributed by atoms with Crippen molar-refractivity contribution in [2.24, 2.45) is 5.14 Å². The van der Waals surface area contributed by atoms with Crippen molar-refractivity contribution in [1.82, 2.24) is 0 Å². The van der Waals surface area contributed by atoms with Crippen molar-refractivity contribution >= 4 is 27.1 Å². The summed E-state index contributed by atoms with van der Waals surface area (Å²) in [6, 6.07) is 8.46. The second-order valence-electron chi connectivity index (χ2n) is 5.32. The molecule has 9 nitrogen and oxygen atoms in total. The van der Waals surface area contributed by atoms with Crippen LogP contribution in [0.3, 0.4) is 0 Å². The summed E-state index contributed by atoms with van der Waals surface area (Å²) >= 11 is 0. The van der Waals surface area contributed by atoms with Crippen LogP contribution in [0.25, 0.3) is 0 Å². The summed E-state index contributed by atoms with van der Waals surface area (Å²) < 4.78 is 33.9. The minimum absolute atomic E-state index is 0.131. The first-order chi connectivity index (χ1) is 11.8. The summed E-state index contributed by atoms with van der Waals surface area (Å²) in [5.41, 5.74) is 0.265. The number of fused-ring (bicyclic) bond motifs is 1. The average molecular weight is 365 g/mol. The molecule has 0 aromatic heterocycles. The van der Waals surface area contributed by atoms with Crippen molar-refractivity contribution < 1.29 is 22.8 Å². The molecule has 10 heteroatoms. The van der Waals surface area contributed by atoms with Crippen LogP contribution in [0.5, 0.6) is 11.5 Å². The molecule has 132 valence electrons. The molecule has 2 aromatic rings. The molecule has 2 aromatic carbocycles. The van der Waals surface area contributed by atoms with Crippen molar-refractivity contribution in [3.05, 3.63) is 46.5 Å². The smallest absolute Gasteiger partial charge is 0.294 e. The van der Waals surface area contributed by atoms with Gasteiger partial charge in [-0.15, -0.1) is 0 Å². The van der Waals surface area contributed by atoms with Gasteiger partial charge in [0.2, 0.25) is 10.0 Å². The maximum atomic E-state index is 11.4. The molecule has 0 spiro atoms. The molecule has 0 saturated carbocycles. The zero-order valence-electron chi connectivity index (χ0n) is 13.0. The largest absolute Gasteiger partial charge is 0.490 e. The van der Waals surface area contributed by atoms with E-state index in [1.54, 1.807) is 18.2 Å². The number of nitrogens with zero attached hydrogens (tertiary/aromatic N) is 1. The van der Waals surface area contributed by atoms with Crippen molar-refractivity contribution in [2.75, 3.05) is 18.5 Å². The van der Waals surface area contributed by atoms with E-state index in [9.17, 15) is 18.5 Å². The van der Waals surface area contributed by atoms with E-state index in [2.05, 4.69) is 5.32 Å². The second-order valence-corrected chi connectivity index (χ2v) is 6.88. The van der Waals surface area contributed by atoms with Crippen LogP contribution < -0.4 is 19.9 Å². The molecule has 3 rings (SSSR count). The fourth-order valence-electron chi connectivity index (χ4n) is 2.34. The molecule has 0 unspecified atom stereocenters. The summed E-state index contributed by atoms with van der Waals surface area (Å²) in [4.78, 5) is 10.2. The van der Waals surface area contributed by atoms with Crippen LogP contribution >= 0.6 is 0 Å². The number of anilines is 2. The Labute approximate surface area is 143 Å². The summed E-state index contributed by atoms with van der Waals surface area (Å²) in [6.45, 7) is 1.07. The van der Waals surface area contributed by atoms with E-state index in [4.69, 9.17) is 14.6 Å². The Kier molecular flexibility index (Phi) is 4.47. The van der Waals surface area contributed by atoms with Crippen molar-refractivity contribution in [2.45, 2.75) is 11.3 Å². The normalized spacial score (nSPS) is 13.8. The van der Waals surface area contributed by atoms with Crippen molar-refractivity contribution in [1.29, 1.82) is 0 Å². The molecule has 0 fully saturated rings. The lowest BCUT2D eigenvalue weighted by Crippen LogP contribution is -2.12. The van der Waals surface area contributed by atoms with Crippen molar-refractivity contribution in [3.63, 3.8) is 0 Å². The third kappa shape index (κ3) is 3.80. The zero-order valence-corrected chi connectivity index (χ0v) is 13.8. The topological polar surface area (TPSA) is 134 Å². The Morgan fingerprint density at radius 1 is 1.08 bits per heavy atom. The van der Waals surface area contributed by atoms with Crippen LogP contribution in [-0.4, -0.2) is 26.6 Å². The predicted octanol–water partition coefficient (Wildman–Crippen LogP) is 2.15. The van der Waals surface area contributed by atoms with Crippen LogP contribution in [-0.2, 0) is 10.0 Å². The van der Waals surface area contributed by atoms with E-state index in [0.29, 0.717) is 30.4 Å². The molecule has 0 amide bonds. The van der Waals surface area contributed by atoms with E-state index in [0.717, 1.165) is 12.5 Å². The van der Waals surface area contributed by atoms with Gasteiger partial charge in [-0.1, -0.05) is 0 Å². The summed E-state index contributed by atoms with van der Waals surface area (Å²) in [5, 5.41) is 19.2. The Morgan fingerprint density at radius 2 is 1.80 bits per heavy atom. The first kappa shape index (κ1) is 17.0. The number of ether oxygens (including phenoxy) is 2. The molecule has 1 aliphatic rings. The number of primary sulfonamides is 1. The second kappa shape index (κ2) is 6.57. The van der Waals surface area contributed by atoms with E-state index in [-0.39, 0.29) is 10.6 Å². The highest BCUT2D eigenvalue weighted by Gasteiger charge is 2.20. The van der Waals surface area contributed by atoms with Crippen LogP contribution in [0, 0.1) is 10.1 Å². The molecule has 3 N–H and O–H groups in total. The summed E-state index contributed by atoms with van der Waals surface area (Å²) in [5.74, 6) is 1.13. The third-order valence-electron chi connectivity index (χ3n) is 3.52. The van der Waals surface area contributed by atoms with Crippen LogP contribution in [0.1, 0.15) is 6.42 Å². The lowest BCUT2D eigenvalue weighted by atomic mass is 10.2. The van der Waals surface area contributed by atoms with Gasteiger partial charge in [0.1, 0.15) is 5.69 Å². The SMILES string of the molecule is NS(=O)(=O)c1ccc(Nc2ccc3c(c2)OCCCO3)c([N+](=O)[O-])c1. The molecular formula is C15H15N3O6S. The monoisotopic (exact) mass is 365 g/mol. The van der Waals surface area contributed by atoms with Gasteiger partial charge in [-0.2, -0.15) is 0 Å². The number of benzene rings is 2. The van der Waals surface area contributed by atoms with Gasteiger partial charge in [-0.25, -0.2) is 13.6 Å². The predicted molar refractivity (Wildman–Crippen MR) is 89.8 cm³/mol. The first-order valence-corrected chi connectivity index (χ1v) is 8.87. The highest BCUT2D eigenvalue weighted by Crippen LogP contribution is 2.35. The van der Waals surface area contributed by atoms with Crippen LogP contribution in [0.15, 0.2) is 41.3 Å². The molecule has 1 aliphatic heterocycles. The maximum absolute atomic E-state index is 11.4. The highest BCUT2D eigenvalue weighted by molar-refractivity contribution is 7.89. The van der Waals surface area contributed by atoms with Gasteiger partial charge in [0.15, 0.2) is 11.5 Å². The zero-order chi connectivity index (χ0) is 18.0. The number of hydrogen-bond donors (Lipinski definition) is 2. The van der Waals surface area contributed by atoms with Crippen molar-refractivity contribution in [3.8, 4) is 11.5 Å². The summed E-state index contributed by atoms with van der Waals surface area (Å²) in [6.07, 6.45) is 0.762. The fourth-order valence-corrected chi connectivity index (χ4v) is 2.88. The lowest BCUT2D eigenvalue weighted by Gasteiger charge is -2.12. The molecule has 1 heterocycles. The number of nitro groups is 1. The molecule has 0 radical (unpaired) electrons. The fraction of sp³-hybridized carbons (Fsp3) is 0.200. The Hall–Kier alpha value is -2.85. The number of rotatable bonds is 4. The molecule has 0 saturated heterocycles. The number of nitrogens with one attached hydrogen (secondary N) is 1. The van der Waals surface area contributed by atoms with Gasteiger partial charge >= 0.3 is 0 Å². The molecule has 0 atom stereocenters. The van der Waals surface area contributed by atoms with E-state index in [1.165, 1.54) is 12.1 Å². The minimum atomic E-state index is -4.03. The Morgan fingerprint density at radius 3 is 2.48 bits per heavy atom. The Bertz CT molecular complexity index is 929. The van der Waals surface area contributed by atoms with Crippen LogP contribution in [0.2, 0.25) is 0 Å². The van der Waals surface area contributed by atoms with E-state index in [1.807, 2.05) is 0 Å². The van der Waals surface area contributed by atoms with Gasteiger partial charge in [-0.05, 0) is 24.3 Å². The standard InChI is InChI=1S/C15H15N3O6S/c16-25(21,22)11-3-4-12(13(9-11)18(19)20)17-10-2-5-14-15(8-10)24-7-1-6-23-14/h2-5,8-9,17H,1,6-7H2,(H2,16,21,22). The quantitative estimate of drug-likeness (QED) is 0.626. The molecule has 0 bridgehead atoms. The van der Waals surface area contributed by atoms with E-state index < -0.39 is 20.6 Å². The first-order valence-electron chi connectivity index (χ1n) is 7.32. The maximum Gasteiger partial charge on any atom is 0.294 e. The van der Waals surface area contributed by atoms with Gasteiger partial charge in [0.25, 0.3) is 5.69 Å². The van der Waals surface area contributed by atoms with Gasteiger partial charge in [-0.3, -0.25) is 10.1 Å². The molecular weight excluding hydrogens is 350 g/mol. The number of sulfonamides is 1. The molecule has 25 heavy (non-hydrogen) atoms. The molecule has 0 aliphatic carbocycles. The minimum Gasteiger partial charge on any atom is -0.490 e. The lowest BCUT2D eigenvalue weighted by molar-refractivity contribution is -0.384. The third-order valence-corrected chi connectivity index (χ3v) is 4.43. The van der Waals surface area contributed by atoms with Gasteiger partial charge in [0.05, 0.1) is 23.0 Å². The van der Waals surface area contributed by atoms with Gasteiger partial charge < -0.3 is 14.8 Å². The summed E-state index contributed by atoms with van der Waals surface area (Å²) in [7, 11) is -4.03. The van der Waals surface area contributed by atoms with Crippen LogP contribution in [0.4, 0.5) is 17.1 Å². The highest BCUT2D eigenvalue weighted by atomic mass is 32.2.